The first kappa shape index (κ1) is 14.7. The summed E-state index contributed by atoms with van der Waals surface area (Å²) < 4.78 is 2.95. The first-order valence-electron chi connectivity index (χ1n) is 6.46. The minimum Gasteiger partial charge on any atom is -0.304 e. The number of hydrogen-bond acceptors (Lipinski definition) is 4. The molecule has 2 heterocycles. The third-order valence-corrected chi connectivity index (χ3v) is 4.33. The minimum absolute atomic E-state index is 0.269. The van der Waals surface area contributed by atoms with Crippen LogP contribution in [-0.4, -0.2) is 20.8 Å². The highest BCUT2D eigenvalue weighted by Gasteiger charge is 2.13. The minimum atomic E-state index is 0.269. The van der Waals surface area contributed by atoms with Crippen LogP contribution in [0.5, 0.6) is 0 Å². The number of nitrogens with zero attached hydrogens (tertiary/aromatic N) is 3. The Morgan fingerprint density at radius 3 is 2.84 bits per heavy atom. The smallest absolute Gasteiger partial charge is 0.0926 e. The average molecular weight is 343 g/mol. The first-order chi connectivity index (χ1) is 9.08. The van der Waals surface area contributed by atoms with Crippen molar-refractivity contribution in [3.05, 3.63) is 32.9 Å². The molecule has 104 valence electrons. The van der Waals surface area contributed by atoms with E-state index in [0.29, 0.717) is 6.04 Å². The molecule has 0 radical (unpaired) electrons. The summed E-state index contributed by atoms with van der Waals surface area (Å²) in [6, 6.07) is 0.610. The van der Waals surface area contributed by atoms with Crippen LogP contribution >= 0.6 is 27.3 Å². The van der Waals surface area contributed by atoms with Gasteiger partial charge >= 0.3 is 0 Å². The molecule has 0 spiro atoms. The normalized spacial score (nSPS) is 14.5. The Labute approximate surface area is 126 Å². The molecule has 0 saturated heterocycles. The molecule has 0 bridgehead atoms. The highest BCUT2D eigenvalue weighted by atomic mass is 79.9. The standard InChI is InChI=1S/C13H19BrN4S/c1-4-13-17-12(8-19-13)10(3)16-9(2)6-18-7-11(14)5-15-18/h5,7-10,16H,4,6H2,1-3H3/t9-,10-/m0/s1. The Balaban J connectivity index is 1.89. The lowest BCUT2D eigenvalue weighted by atomic mass is 10.2. The summed E-state index contributed by atoms with van der Waals surface area (Å²) in [5.74, 6) is 0. The molecule has 0 aliphatic rings. The maximum absolute atomic E-state index is 4.62. The highest BCUT2D eigenvalue weighted by Crippen LogP contribution is 2.17. The molecule has 0 unspecified atom stereocenters. The van der Waals surface area contributed by atoms with E-state index in [-0.39, 0.29) is 6.04 Å². The number of aryl methyl sites for hydroxylation is 1. The van der Waals surface area contributed by atoms with Gasteiger partial charge in [0, 0.05) is 23.7 Å². The second kappa shape index (κ2) is 6.63. The Bertz CT molecular complexity index is 522. The zero-order chi connectivity index (χ0) is 13.8. The average Bonchev–Trinajstić information content (AvgIpc) is 2.98. The molecule has 2 atom stereocenters. The lowest BCUT2D eigenvalue weighted by molar-refractivity contribution is 0.409. The Hall–Kier alpha value is -0.720. The van der Waals surface area contributed by atoms with Gasteiger partial charge in [-0.25, -0.2) is 4.98 Å². The molecule has 2 rings (SSSR count). The molecule has 1 N–H and O–H groups in total. The van der Waals surface area contributed by atoms with Crippen LogP contribution in [0.4, 0.5) is 0 Å². The van der Waals surface area contributed by atoms with Crippen LogP contribution in [-0.2, 0) is 13.0 Å². The van der Waals surface area contributed by atoms with Crippen molar-refractivity contribution in [3.63, 3.8) is 0 Å². The molecule has 4 nitrogen and oxygen atoms in total. The summed E-state index contributed by atoms with van der Waals surface area (Å²) in [7, 11) is 0. The Kier molecular flexibility index (Phi) is 5.13. The monoisotopic (exact) mass is 342 g/mol. The van der Waals surface area contributed by atoms with Crippen molar-refractivity contribution in [1.82, 2.24) is 20.1 Å². The summed E-state index contributed by atoms with van der Waals surface area (Å²) in [6.45, 7) is 7.31. The summed E-state index contributed by atoms with van der Waals surface area (Å²) in [5.41, 5.74) is 1.13. The van der Waals surface area contributed by atoms with Crippen LogP contribution in [0, 0.1) is 0 Å². The van der Waals surface area contributed by atoms with E-state index < -0.39 is 0 Å². The molecule has 2 aromatic heterocycles. The molecule has 0 aromatic carbocycles. The van der Waals surface area contributed by atoms with Crippen LogP contribution < -0.4 is 5.32 Å². The molecule has 0 amide bonds. The third kappa shape index (κ3) is 4.12. The van der Waals surface area contributed by atoms with E-state index >= 15 is 0 Å². The van der Waals surface area contributed by atoms with E-state index in [1.165, 1.54) is 5.01 Å². The molecular weight excluding hydrogens is 324 g/mol. The number of nitrogens with one attached hydrogen (secondary N) is 1. The van der Waals surface area contributed by atoms with Gasteiger partial charge in [0.15, 0.2) is 0 Å². The van der Waals surface area contributed by atoms with Crippen LogP contribution in [0.15, 0.2) is 22.2 Å². The van der Waals surface area contributed by atoms with Crippen LogP contribution in [0.1, 0.15) is 37.5 Å². The van der Waals surface area contributed by atoms with Crippen molar-refractivity contribution in [2.24, 2.45) is 0 Å². The maximum Gasteiger partial charge on any atom is 0.0926 e. The molecule has 0 saturated carbocycles. The molecule has 0 fully saturated rings. The largest absolute Gasteiger partial charge is 0.304 e. The van der Waals surface area contributed by atoms with Crippen molar-refractivity contribution < 1.29 is 0 Å². The van der Waals surface area contributed by atoms with Gasteiger partial charge in [-0.15, -0.1) is 11.3 Å². The topological polar surface area (TPSA) is 42.7 Å². The fourth-order valence-corrected chi connectivity index (χ4v) is 3.14. The summed E-state index contributed by atoms with van der Waals surface area (Å²) in [5, 5.41) is 11.2. The van der Waals surface area contributed by atoms with Gasteiger partial charge < -0.3 is 5.32 Å². The lowest BCUT2D eigenvalue weighted by Gasteiger charge is -2.18. The molecular formula is C13H19BrN4S. The van der Waals surface area contributed by atoms with Crippen molar-refractivity contribution in [2.45, 2.75) is 45.8 Å². The fourth-order valence-electron chi connectivity index (χ4n) is 1.97. The van der Waals surface area contributed by atoms with Crippen LogP contribution in [0.3, 0.4) is 0 Å². The second-order valence-electron chi connectivity index (χ2n) is 4.69. The Morgan fingerprint density at radius 2 is 2.26 bits per heavy atom. The lowest BCUT2D eigenvalue weighted by Crippen LogP contribution is -2.33. The number of rotatable bonds is 6. The Morgan fingerprint density at radius 1 is 1.47 bits per heavy atom. The van der Waals surface area contributed by atoms with E-state index in [4.69, 9.17) is 0 Å². The quantitative estimate of drug-likeness (QED) is 0.874. The van der Waals surface area contributed by atoms with E-state index in [1.807, 2.05) is 17.1 Å². The number of aromatic nitrogens is 3. The van der Waals surface area contributed by atoms with E-state index in [0.717, 1.165) is 23.1 Å². The summed E-state index contributed by atoms with van der Waals surface area (Å²) in [6.07, 6.45) is 4.80. The fraction of sp³-hybridized carbons (Fsp3) is 0.538. The number of halogens is 1. The second-order valence-corrected chi connectivity index (χ2v) is 6.55. The van der Waals surface area contributed by atoms with Gasteiger partial charge in [-0.1, -0.05) is 6.92 Å². The molecule has 19 heavy (non-hydrogen) atoms. The molecule has 0 aliphatic heterocycles. The van der Waals surface area contributed by atoms with E-state index in [2.05, 4.69) is 57.5 Å². The summed E-state index contributed by atoms with van der Waals surface area (Å²) in [4.78, 5) is 4.62. The van der Waals surface area contributed by atoms with Gasteiger partial charge in [-0.05, 0) is 36.2 Å². The highest BCUT2D eigenvalue weighted by molar-refractivity contribution is 9.10. The zero-order valence-corrected chi connectivity index (χ0v) is 13.8. The van der Waals surface area contributed by atoms with Gasteiger partial charge in [0.05, 0.1) is 27.9 Å². The van der Waals surface area contributed by atoms with Crippen molar-refractivity contribution in [3.8, 4) is 0 Å². The van der Waals surface area contributed by atoms with Crippen LogP contribution in [0.2, 0.25) is 0 Å². The maximum atomic E-state index is 4.62. The van der Waals surface area contributed by atoms with Crippen molar-refractivity contribution in [2.75, 3.05) is 0 Å². The van der Waals surface area contributed by atoms with Gasteiger partial charge in [-0.2, -0.15) is 5.10 Å². The first-order valence-corrected chi connectivity index (χ1v) is 8.14. The molecule has 0 aliphatic carbocycles. The van der Waals surface area contributed by atoms with Gasteiger partial charge in [0.25, 0.3) is 0 Å². The van der Waals surface area contributed by atoms with Crippen LogP contribution in [0.25, 0.3) is 0 Å². The predicted octanol–water partition coefficient (Wildman–Crippen LogP) is 3.40. The van der Waals surface area contributed by atoms with E-state index in [1.54, 1.807) is 11.3 Å². The molecule has 6 heteroatoms. The predicted molar refractivity (Wildman–Crippen MR) is 82.4 cm³/mol. The van der Waals surface area contributed by atoms with Gasteiger partial charge in [-0.3, -0.25) is 4.68 Å². The zero-order valence-electron chi connectivity index (χ0n) is 11.4. The number of thiazole rings is 1. The van der Waals surface area contributed by atoms with Gasteiger partial charge in [0.1, 0.15) is 0 Å². The number of hydrogen-bond donors (Lipinski definition) is 1. The summed E-state index contributed by atoms with van der Waals surface area (Å²) >= 11 is 5.15. The molecule has 2 aromatic rings. The van der Waals surface area contributed by atoms with E-state index in [9.17, 15) is 0 Å². The van der Waals surface area contributed by atoms with Crippen molar-refractivity contribution in [1.29, 1.82) is 0 Å². The SMILES string of the molecule is CCc1nc([C@H](C)N[C@@H](C)Cn2cc(Br)cn2)cs1. The van der Waals surface area contributed by atoms with Crippen molar-refractivity contribution >= 4 is 27.3 Å². The third-order valence-electron chi connectivity index (χ3n) is 2.91. The van der Waals surface area contributed by atoms with Gasteiger partial charge in [0.2, 0.25) is 0 Å².